The van der Waals surface area contributed by atoms with Gasteiger partial charge in [0.2, 0.25) is 0 Å². The second-order valence-corrected chi connectivity index (χ2v) is 8.52. The molecule has 28 heavy (non-hydrogen) atoms. The first-order chi connectivity index (χ1) is 13.5. The second-order valence-electron chi connectivity index (χ2n) is 5.78. The van der Waals surface area contributed by atoms with Gasteiger partial charge in [-0.1, -0.05) is 18.2 Å². The largest absolute Gasteiger partial charge is 0.500 e. The van der Waals surface area contributed by atoms with E-state index in [9.17, 15) is 14.9 Å². The third-order valence-corrected chi connectivity index (χ3v) is 6.97. The minimum Gasteiger partial charge on any atom is -0.449 e. The molecule has 1 rings (SSSR count). The van der Waals surface area contributed by atoms with Gasteiger partial charge >= 0.3 is 14.9 Å². The molecule has 1 amide bonds. The number of alkyl carbamates (subject to hydrolysis) is 1. The topological polar surface area (TPSA) is 109 Å². The summed E-state index contributed by atoms with van der Waals surface area (Å²) < 4.78 is 22.4. The van der Waals surface area contributed by atoms with Crippen molar-refractivity contribution in [3.05, 3.63) is 39.9 Å². The zero-order valence-electron chi connectivity index (χ0n) is 16.8. The highest BCUT2D eigenvalue weighted by atomic mass is 28.4. The number of carbonyl (C=O) groups excluding carboxylic acids is 1. The van der Waals surface area contributed by atoms with Gasteiger partial charge in [-0.15, -0.1) is 0 Å². The van der Waals surface area contributed by atoms with E-state index < -0.39 is 19.8 Å². The molecule has 0 aromatic heterocycles. The highest BCUT2D eigenvalue weighted by molar-refractivity contribution is 6.60. The van der Waals surface area contributed by atoms with Crippen LogP contribution in [0.25, 0.3) is 0 Å². The quantitative estimate of drug-likeness (QED) is 0.215. The van der Waals surface area contributed by atoms with Crippen molar-refractivity contribution in [2.45, 2.75) is 39.7 Å². The molecule has 0 heterocycles. The van der Waals surface area contributed by atoms with Crippen molar-refractivity contribution in [3.8, 4) is 0 Å². The Morgan fingerprint density at radius 2 is 1.71 bits per heavy atom. The fourth-order valence-corrected chi connectivity index (χ4v) is 5.31. The number of nitro benzene ring substituents is 1. The molecule has 0 unspecified atom stereocenters. The number of nitro groups is 1. The molecule has 0 bridgehead atoms. The van der Waals surface area contributed by atoms with Crippen LogP contribution in [0.5, 0.6) is 0 Å². The molecule has 0 aliphatic rings. The Hall–Kier alpha value is -2.01. The van der Waals surface area contributed by atoms with Crippen molar-refractivity contribution in [2.75, 3.05) is 33.0 Å². The van der Waals surface area contributed by atoms with E-state index in [-0.39, 0.29) is 18.7 Å². The summed E-state index contributed by atoms with van der Waals surface area (Å²) >= 11 is 0. The predicted octanol–water partition coefficient (Wildman–Crippen LogP) is 3.30. The number of rotatable bonds is 14. The molecule has 1 aromatic carbocycles. The van der Waals surface area contributed by atoms with Crippen LogP contribution in [0.15, 0.2) is 24.3 Å². The first-order valence-electron chi connectivity index (χ1n) is 9.52. The van der Waals surface area contributed by atoms with Gasteiger partial charge in [-0.05, 0) is 27.2 Å². The fourth-order valence-electron chi connectivity index (χ4n) is 2.70. The van der Waals surface area contributed by atoms with Crippen molar-refractivity contribution in [1.29, 1.82) is 0 Å². The van der Waals surface area contributed by atoms with Crippen LogP contribution < -0.4 is 5.32 Å². The molecule has 0 aliphatic carbocycles. The first-order valence-corrected chi connectivity index (χ1v) is 11.5. The molecule has 158 valence electrons. The maximum Gasteiger partial charge on any atom is 0.500 e. The van der Waals surface area contributed by atoms with E-state index >= 15 is 0 Å². The average molecular weight is 415 g/mol. The van der Waals surface area contributed by atoms with E-state index in [1.54, 1.807) is 18.2 Å². The molecular formula is C18H30N2O7Si. The van der Waals surface area contributed by atoms with E-state index in [2.05, 4.69) is 5.32 Å². The smallest absolute Gasteiger partial charge is 0.449 e. The van der Waals surface area contributed by atoms with Gasteiger partial charge < -0.3 is 23.3 Å². The average Bonchev–Trinajstić information content (AvgIpc) is 2.66. The number of nitrogens with zero attached hydrogens (tertiary/aromatic N) is 1. The number of hydrogen-bond acceptors (Lipinski definition) is 7. The standard InChI is InChI=1S/C18H30N2O7Si/c1-4-25-28(26-5-2,27-6-3)15-9-13-19-18(21)24-14-12-16-10-7-8-11-17(16)20(22)23/h7-8,10-11H,4-6,9,12-15H2,1-3H3,(H,19,21). The molecule has 0 atom stereocenters. The van der Waals surface area contributed by atoms with Crippen molar-refractivity contribution < 1.29 is 27.7 Å². The lowest BCUT2D eigenvalue weighted by atomic mass is 10.1. The highest BCUT2D eigenvalue weighted by Crippen LogP contribution is 2.19. The Morgan fingerprint density at radius 1 is 1.11 bits per heavy atom. The molecule has 1 aromatic rings. The normalized spacial score (nSPS) is 11.2. The van der Waals surface area contributed by atoms with Crippen LogP contribution in [0.2, 0.25) is 6.04 Å². The minimum absolute atomic E-state index is 0.0237. The molecular weight excluding hydrogens is 384 g/mol. The van der Waals surface area contributed by atoms with E-state index in [1.165, 1.54) is 6.07 Å². The lowest BCUT2D eigenvalue weighted by molar-refractivity contribution is -0.385. The van der Waals surface area contributed by atoms with Gasteiger partial charge in [0.05, 0.1) is 11.5 Å². The molecule has 0 saturated heterocycles. The third-order valence-electron chi connectivity index (χ3n) is 3.81. The number of ether oxygens (including phenoxy) is 1. The van der Waals surface area contributed by atoms with Crippen LogP contribution in [-0.4, -0.2) is 52.8 Å². The summed E-state index contributed by atoms with van der Waals surface area (Å²) in [6.07, 6.45) is 0.348. The van der Waals surface area contributed by atoms with Crippen LogP contribution in [0.4, 0.5) is 10.5 Å². The van der Waals surface area contributed by atoms with E-state index in [1.807, 2.05) is 20.8 Å². The minimum atomic E-state index is -2.71. The summed E-state index contributed by atoms with van der Waals surface area (Å²) in [7, 11) is -2.71. The maximum absolute atomic E-state index is 11.8. The predicted molar refractivity (Wildman–Crippen MR) is 106 cm³/mol. The monoisotopic (exact) mass is 414 g/mol. The summed E-state index contributed by atoms with van der Waals surface area (Å²) in [5.74, 6) is 0. The summed E-state index contributed by atoms with van der Waals surface area (Å²) in [6, 6.07) is 7.00. The second kappa shape index (κ2) is 13.2. The molecule has 0 fully saturated rings. The zero-order chi connectivity index (χ0) is 20.8. The van der Waals surface area contributed by atoms with Gasteiger partial charge in [0.25, 0.3) is 5.69 Å². The number of para-hydroxylation sites is 1. The number of amides is 1. The van der Waals surface area contributed by atoms with E-state index in [0.29, 0.717) is 44.4 Å². The van der Waals surface area contributed by atoms with Gasteiger partial charge in [-0.3, -0.25) is 10.1 Å². The zero-order valence-corrected chi connectivity index (χ0v) is 17.8. The van der Waals surface area contributed by atoms with Crippen LogP contribution in [-0.2, 0) is 24.4 Å². The maximum atomic E-state index is 11.8. The Labute approximate surface area is 166 Å². The van der Waals surface area contributed by atoms with Crippen molar-refractivity contribution in [3.63, 3.8) is 0 Å². The summed E-state index contributed by atoms with van der Waals surface area (Å²) in [6.45, 7) is 7.66. The molecule has 0 spiro atoms. The van der Waals surface area contributed by atoms with Crippen molar-refractivity contribution in [1.82, 2.24) is 5.32 Å². The Balaban J connectivity index is 2.35. The lowest BCUT2D eigenvalue weighted by Crippen LogP contribution is -2.46. The lowest BCUT2D eigenvalue weighted by Gasteiger charge is -2.28. The molecule has 0 aliphatic heterocycles. The number of hydrogen-bond donors (Lipinski definition) is 1. The first kappa shape index (κ1) is 24.0. The van der Waals surface area contributed by atoms with Crippen molar-refractivity contribution >= 4 is 20.6 Å². The number of benzene rings is 1. The SMILES string of the molecule is CCO[Si](CCCNC(=O)OCCc1ccccc1[N+](=O)[O-])(OCC)OCC. The van der Waals surface area contributed by atoms with E-state index in [0.717, 1.165) is 0 Å². The van der Waals surface area contributed by atoms with Gasteiger partial charge in [-0.25, -0.2) is 4.79 Å². The van der Waals surface area contributed by atoms with Crippen LogP contribution in [0.1, 0.15) is 32.8 Å². The fraction of sp³-hybridized carbons (Fsp3) is 0.611. The van der Waals surface area contributed by atoms with Gasteiger partial charge in [0, 0.05) is 50.5 Å². The Kier molecular flexibility index (Phi) is 11.3. The van der Waals surface area contributed by atoms with Gasteiger partial charge in [0.15, 0.2) is 0 Å². The third kappa shape index (κ3) is 8.34. The molecule has 1 N–H and O–H groups in total. The summed E-state index contributed by atoms with van der Waals surface area (Å²) in [5, 5.41) is 13.6. The number of carbonyl (C=O) groups is 1. The summed E-state index contributed by atoms with van der Waals surface area (Å²) in [5.41, 5.74) is 0.553. The van der Waals surface area contributed by atoms with Crippen LogP contribution in [0, 0.1) is 10.1 Å². The molecule has 10 heteroatoms. The van der Waals surface area contributed by atoms with Crippen LogP contribution >= 0.6 is 0 Å². The molecule has 0 saturated carbocycles. The highest BCUT2D eigenvalue weighted by Gasteiger charge is 2.39. The van der Waals surface area contributed by atoms with Crippen LogP contribution in [0.3, 0.4) is 0 Å². The molecule has 9 nitrogen and oxygen atoms in total. The van der Waals surface area contributed by atoms with Gasteiger partial charge in [-0.2, -0.15) is 0 Å². The summed E-state index contributed by atoms with van der Waals surface area (Å²) in [4.78, 5) is 22.3. The Morgan fingerprint density at radius 3 is 2.29 bits per heavy atom. The Bertz CT molecular complexity index is 598. The number of nitrogens with one attached hydrogen (secondary N) is 1. The van der Waals surface area contributed by atoms with Crippen molar-refractivity contribution in [2.24, 2.45) is 0 Å². The van der Waals surface area contributed by atoms with E-state index in [4.69, 9.17) is 18.0 Å². The molecule has 0 radical (unpaired) electrons. The van der Waals surface area contributed by atoms with Gasteiger partial charge in [0.1, 0.15) is 0 Å².